The van der Waals surface area contributed by atoms with Gasteiger partial charge in [-0.15, -0.1) is 11.3 Å². The van der Waals surface area contributed by atoms with Gasteiger partial charge in [-0.25, -0.2) is 0 Å². The Labute approximate surface area is 79.4 Å². The Kier molecular flexibility index (Phi) is 3.01. The molecule has 0 radical (unpaired) electrons. The van der Waals surface area contributed by atoms with Gasteiger partial charge in [-0.2, -0.15) is 13.2 Å². The zero-order valence-electron chi connectivity index (χ0n) is 7.48. The van der Waals surface area contributed by atoms with Crippen LogP contribution in [0.3, 0.4) is 0 Å². The van der Waals surface area contributed by atoms with Crippen molar-refractivity contribution in [3.8, 4) is 0 Å². The first-order valence-corrected chi connectivity index (χ1v) is 4.92. The van der Waals surface area contributed by atoms with Gasteiger partial charge in [-0.3, -0.25) is 0 Å². The maximum Gasteiger partial charge on any atom is 0.425 e. The first kappa shape index (κ1) is 10.6. The average Bonchev–Trinajstić information content (AvgIpc) is 2.31. The monoisotopic (exact) mass is 208 g/mol. The smallest absolute Gasteiger partial charge is 0.165 e. The van der Waals surface area contributed by atoms with Crippen LogP contribution in [0.25, 0.3) is 0 Å². The van der Waals surface area contributed by atoms with Gasteiger partial charge in [0.1, 0.15) is 4.88 Å². The molecular weight excluding hydrogens is 197 g/mol. The standard InChI is InChI=1S/C9H11F3S/c1-6(2)5-7-3-4-13-8(7)9(10,11)12/h3-4,6H,5H2,1-2H3. The number of thiophene rings is 1. The largest absolute Gasteiger partial charge is 0.425 e. The highest BCUT2D eigenvalue weighted by atomic mass is 32.1. The third-order valence-electron chi connectivity index (χ3n) is 1.63. The second-order valence-corrected chi connectivity index (χ2v) is 4.29. The SMILES string of the molecule is CC(C)Cc1ccsc1C(F)(F)F. The van der Waals surface area contributed by atoms with E-state index < -0.39 is 11.1 Å². The molecule has 1 heterocycles. The summed E-state index contributed by atoms with van der Waals surface area (Å²) in [5, 5.41) is 1.50. The molecule has 0 unspecified atom stereocenters. The molecule has 0 aromatic carbocycles. The van der Waals surface area contributed by atoms with Crippen molar-refractivity contribution in [2.45, 2.75) is 26.4 Å². The highest BCUT2D eigenvalue weighted by Gasteiger charge is 2.34. The van der Waals surface area contributed by atoms with Gasteiger partial charge in [0.05, 0.1) is 0 Å². The minimum atomic E-state index is -4.18. The molecule has 0 nitrogen and oxygen atoms in total. The van der Waals surface area contributed by atoms with Gasteiger partial charge >= 0.3 is 6.18 Å². The Morgan fingerprint density at radius 1 is 1.38 bits per heavy atom. The van der Waals surface area contributed by atoms with Crippen LogP contribution in [0.4, 0.5) is 13.2 Å². The first-order chi connectivity index (χ1) is 5.91. The molecule has 0 atom stereocenters. The number of rotatable bonds is 2. The van der Waals surface area contributed by atoms with Gasteiger partial charge in [0.15, 0.2) is 0 Å². The molecule has 1 rings (SSSR count). The van der Waals surface area contributed by atoms with Gasteiger partial charge < -0.3 is 0 Å². The van der Waals surface area contributed by atoms with E-state index in [0.717, 1.165) is 11.3 Å². The summed E-state index contributed by atoms with van der Waals surface area (Å²) in [7, 11) is 0. The van der Waals surface area contributed by atoms with Gasteiger partial charge in [-0.05, 0) is 29.3 Å². The van der Waals surface area contributed by atoms with Crippen molar-refractivity contribution in [2.24, 2.45) is 5.92 Å². The van der Waals surface area contributed by atoms with Crippen LogP contribution in [0.1, 0.15) is 24.3 Å². The zero-order chi connectivity index (χ0) is 10.1. The molecule has 4 heteroatoms. The summed E-state index contributed by atoms with van der Waals surface area (Å²) in [6, 6.07) is 1.56. The minimum absolute atomic E-state index is 0.260. The van der Waals surface area contributed by atoms with Gasteiger partial charge in [0.25, 0.3) is 0 Å². The van der Waals surface area contributed by atoms with E-state index in [9.17, 15) is 13.2 Å². The second kappa shape index (κ2) is 3.70. The molecule has 0 bridgehead atoms. The molecule has 0 amide bonds. The lowest BCUT2D eigenvalue weighted by Gasteiger charge is -2.08. The van der Waals surface area contributed by atoms with Crippen molar-refractivity contribution in [3.05, 3.63) is 21.9 Å². The third-order valence-corrected chi connectivity index (χ3v) is 2.63. The minimum Gasteiger partial charge on any atom is -0.165 e. The van der Waals surface area contributed by atoms with Crippen LogP contribution < -0.4 is 0 Å². The van der Waals surface area contributed by atoms with Crippen molar-refractivity contribution in [1.29, 1.82) is 0 Å². The number of alkyl halides is 3. The van der Waals surface area contributed by atoms with E-state index in [4.69, 9.17) is 0 Å². The van der Waals surface area contributed by atoms with Crippen LogP contribution in [0.2, 0.25) is 0 Å². The molecule has 74 valence electrons. The lowest BCUT2D eigenvalue weighted by molar-refractivity contribution is -0.134. The summed E-state index contributed by atoms with van der Waals surface area (Å²) in [5.41, 5.74) is 0.424. The summed E-state index contributed by atoms with van der Waals surface area (Å²) in [5.74, 6) is 0.260. The molecule has 13 heavy (non-hydrogen) atoms. The number of hydrogen-bond donors (Lipinski definition) is 0. The molecule has 1 aromatic rings. The molecule has 0 aliphatic rings. The maximum absolute atomic E-state index is 12.3. The quantitative estimate of drug-likeness (QED) is 0.690. The van der Waals surface area contributed by atoms with E-state index in [1.165, 1.54) is 5.38 Å². The second-order valence-electron chi connectivity index (χ2n) is 3.37. The van der Waals surface area contributed by atoms with E-state index in [1.807, 2.05) is 13.8 Å². The average molecular weight is 208 g/mol. The fraction of sp³-hybridized carbons (Fsp3) is 0.556. The van der Waals surface area contributed by atoms with Crippen molar-refractivity contribution in [3.63, 3.8) is 0 Å². The Hall–Kier alpha value is -0.510. The van der Waals surface area contributed by atoms with Crippen LogP contribution in [0.15, 0.2) is 11.4 Å². The Balaban J connectivity index is 2.90. The van der Waals surface area contributed by atoms with Gasteiger partial charge in [0, 0.05) is 0 Å². The third kappa shape index (κ3) is 2.72. The molecular formula is C9H11F3S. The van der Waals surface area contributed by atoms with Crippen LogP contribution in [-0.4, -0.2) is 0 Å². The molecule has 0 N–H and O–H groups in total. The van der Waals surface area contributed by atoms with Crippen LogP contribution in [0.5, 0.6) is 0 Å². The summed E-state index contributed by atoms with van der Waals surface area (Å²) in [6.07, 6.45) is -3.68. The molecule has 0 fully saturated rings. The van der Waals surface area contributed by atoms with Crippen LogP contribution in [0, 0.1) is 5.92 Å². The molecule has 0 saturated carbocycles. The predicted molar refractivity (Wildman–Crippen MR) is 47.9 cm³/mol. The van der Waals surface area contributed by atoms with E-state index in [0.29, 0.717) is 12.0 Å². The topological polar surface area (TPSA) is 0 Å². The molecule has 0 aliphatic carbocycles. The maximum atomic E-state index is 12.3. The molecule has 1 aromatic heterocycles. The lowest BCUT2D eigenvalue weighted by Crippen LogP contribution is -2.06. The van der Waals surface area contributed by atoms with E-state index in [2.05, 4.69) is 0 Å². The van der Waals surface area contributed by atoms with Crippen LogP contribution >= 0.6 is 11.3 Å². The van der Waals surface area contributed by atoms with Gasteiger partial charge in [0.2, 0.25) is 0 Å². The Bertz CT molecular complexity index is 273. The van der Waals surface area contributed by atoms with E-state index in [1.54, 1.807) is 6.07 Å². The summed E-state index contributed by atoms with van der Waals surface area (Å²) in [6.45, 7) is 3.83. The normalized spacial score (nSPS) is 12.5. The van der Waals surface area contributed by atoms with Crippen molar-refractivity contribution >= 4 is 11.3 Å². The highest BCUT2D eigenvalue weighted by Crippen LogP contribution is 2.36. The summed E-state index contributed by atoms with van der Waals surface area (Å²) in [4.78, 5) is -0.443. The van der Waals surface area contributed by atoms with Crippen LogP contribution in [-0.2, 0) is 12.6 Å². The molecule has 0 aliphatic heterocycles. The van der Waals surface area contributed by atoms with E-state index in [-0.39, 0.29) is 5.92 Å². The van der Waals surface area contributed by atoms with Crippen molar-refractivity contribution < 1.29 is 13.2 Å². The molecule has 0 saturated heterocycles. The fourth-order valence-corrected chi connectivity index (χ4v) is 1.99. The predicted octanol–water partition coefficient (Wildman–Crippen LogP) is 3.97. The number of hydrogen-bond acceptors (Lipinski definition) is 1. The Morgan fingerprint density at radius 3 is 2.46 bits per heavy atom. The first-order valence-electron chi connectivity index (χ1n) is 4.05. The van der Waals surface area contributed by atoms with Crippen molar-refractivity contribution in [1.82, 2.24) is 0 Å². The summed E-state index contributed by atoms with van der Waals surface area (Å²) < 4.78 is 37.0. The lowest BCUT2D eigenvalue weighted by atomic mass is 10.0. The van der Waals surface area contributed by atoms with Crippen molar-refractivity contribution in [2.75, 3.05) is 0 Å². The zero-order valence-corrected chi connectivity index (χ0v) is 8.30. The molecule has 0 spiro atoms. The fourth-order valence-electron chi connectivity index (χ4n) is 1.19. The number of halogens is 3. The van der Waals surface area contributed by atoms with Gasteiger partial charge in [-0.1, -0.05) is 13.8 Å². The summed E-state index contributed by atoms with van der Waals surface area (Å²) >= 11 is 0.773. The Morgan fingerprint density at radius 2 is 2.00 bits per heavy atom. The highest BCUT2D eigenvalue weighted by molar-refractivity contribution is 7.10. The van der Waals surface area contributed by atoms with E-state index >= 15 is 0 Å².